The van der Waals surface area contributed by atoms with E-state index in [1.54, 1.807) is 0 Å². The molecule has 0 aliphatic rings. The van der Waals surface area contributed by atoms with Gasteiger partial charge in [0.2, 0.25) is 5.91 Å². The maximum absolute atomic E-state index is 13.2. The molecule has 0 aromatic heterocycles. The number of nitrogens with one attached hydrogen (secondary N) is 1. The van der Waals surface area contributed by atoms with E-state index in [1.165, 1.54) is 12.1 Å². The van der Waals surface area contributed by atoms with Crippen molar-refractivity contribution in [1.29, 1.82) is 0 Å². The van der Waals surface area contributed by atoms with Crippen LogP contribution in [0.25, 0.3) is 0 Å². The van der Waals surface area contributed by atoms with Crippen molar-refractivity contribution in [3.8, 4) is 5.75 Å². The van der Waals surface area contributed by atoms with Crippen LogP contribution in [0.2, 0.25) is 0 Å². The first-order valence-electron chi connectivity index (χ1n) is 4.99. The van der Waals surface area contributed by atoms with Crippen LogP contribution in [0, 0.1) is 5.82 Å². The van der Waals surface area contributed by atoms with Gasteiger partial charge in [0.1, 0.15) is 18.2 Å². The summed E-state index contributed by atoms with van der Waals surface area (Å²) in [6.07, 6.45) is 0.820. The lowest BCUT2D eigenvalue weighted by atomic mass is 10.3. The van der Waals surface area contributed by atoms with Gasteiger partial charge in [-0.1, -0.05) is 6.92 Å². The number of phenols is 1. The summed E-state index contributed by atoms with van der Waals surface area (Å²) in [5.74, 6) is -1.28. The molecule has 0 unspecified atom stereocenters. The first-order chi connectivity index (χ1) is 7.63. The molecule has 5 heteroatoms. The topological polar surface area (TPSA) is 58.6 Å². The molecule has 1 aromatic carbocycles. The molecular formula is C11H14FNO3. The van der Waals surface area contributed by atoms with E-state index >= 15 is 0 Å². The third-order valence-electron chi connectivity index (χ3n) is 1.81. The Labute approximate surface area is 93.0 Å². The average molecular weight is 227 g/mol. The van der Waals surface area contributed by atoms with Gasteiger partial charge < -0.3 is 15.2 Å². The minimum atomic E-state index is -0.677. The second-order valence-electron chi connectivity index (χ2n) is 3.26. The number of rotatable bonds is 5. The summed E-state index contributed by atoms with van der Waals surface area (Å²) in [7, 11) is 0. The predicted molar refractivity (Wildman–Crippen MR) is 57.8 cm³/mol. The lowest BCUT2D eigenvalue weighted by molar-refractivity contribution is -0.120. The number of carbonyl (C=O) groups excluding carboxylic acids is 1. The number of ether oxygens (including phenoxy) is 1. The van der Waals surface area contributed by atoms with Crippen LogP contribution in [0.3, 0.4) is 0 Å². The normalized spacial score (nSPS) is 10.1. The average Bonchev–Trinajstić information content (AvgIpc) is 2.23. The van der Waals surface area contributed by atoms with Crippen LogP contribution in [-0.2, 0) is 9.53 Å². The molecule has 0 atom stereocenters. The Bertz CT molecular complexity index is 368. The highest BCUT2D eigenvalue weighted by atomic mass is 19.1. The zero-order valence-corrected chi connectivity index (χ0v) is 9.00. The highest BCUT2D eigenvalue weighted by molar-refractivity contribution is 5.91. The summed E-state index contributed by atoms with van der Waals surface area (Å²) in [4.78, 5) is 11.3. The zero-order chi connectivity index (χ0) is 12.0. The Balaban J connectivity index is 2.49. The fourth-order valence-electron chi connectivity index (χ4n) is 1.10. The van der Waals surface area contributed by atoms with E-state index in [1.807, 2.05) is 6.92 Å². The summed E-state index contributed by atoms with van der Waals surface area (Å²) in [5.41, 5.74) is 0.0305. The van der Waals surface area contributed by atoms with E-state index in [0.29, 0.717) is 6.61 Å². The molecule has 1 amide bonds. The van der Waals surface area contributed by atoms with Crippen molar-refractivity contribution in [1.82, 2.24) is 0 Å². The maximum Gasteiger partial charge on any atom is 0.250 e. The molecule has 88 valence electrons. The van der Waals surface area contributed by atoms with Gasteiger partial charge in [0.05, 0.1) is 5.69 Å². The number of hydrogen-bond donors (Lipinski definition) is 2. The Morgan fingerprint density at radius 1 is 1.56 bits per heavy atom. The van der Waals surface area contributed by atoms with Crippen LogP contribution in [0.1, 0.15) is 13.3 Å². The fraction of sp³-hybridized carbons (Fsp3) is 0.364. The van der Waals surface area contributed by atoms with Crippen molar-refractivity contribution in [2.45, 2.75) is 13.3 Å². The Morgan fingerprint density at radius 3 is 2.94 bits per heavy atom. The smallest absolute Gasteiger partial charge is 0.250 e. The first kappa shape index (κ1) is 12.4. The summed E-state index contributed by atoms with van der Waals surface area (Å²) in [6.45, 7) is 2.32. The van der Waals surface area contributed by atoms with Crippen molar-refractivity contribution in [3.63, 3.8) is 0 Å². The molecule has 2 N–H and O–H groups in total. The van der Waals surface area contributed by atoms with Gasteiger partial charge in [-0.3, -0.25) is 4.79 Å². The van der Waals surface area contributed by atoms with Crippen molar-refractivity contribution in [2.24, 2.45) is 0 Å². The number of halogens is 1. The SMILES string of the molecule is CCCOCC(=O)Nc1ccc(O)cc1F. The molecule has 1 rings (SSSR count). The molecule has 4 nitrogen and oxygen atoms in total. The molecule has 0 saturated heterocycles. The second-order valence-corrected chi connectivity index (χ2v) is 3.26. The minimum absolute atomic E-state index is 0.0305. The van der Waals surface area contributed by atoms with Crippen LogP contribution >= 0.6 is 0 Å². The van der Waals surface area contributed by atoms with Gasteiger partial charge in [-0.25, -0.2) is 4.39 Å². The number of aromatic hydroxyl groups is 1. The molecule has 0 saturated carbocycles. The standard InChI is InChI=1S/C11H14FNO3/c1-2-5-16-7-11(15)13-10-4-3-8(14)6-9(10)12/h3-4,6,14H,2,5,7H2,1H3,(H,13,15). The van der Waals surface area contributed by atoms with Crippen molar-refractivity contribution in [2.75, 3.05) is 18.5 Å². The monoisotopic (exact) mass is 227 g/mol. The lowest BCUT2D eigenvalue weighted by Crippen LogP contribution is -2.19. The summed E-state index contributed by atoms with van der Waals surface area (Å²) in [5, 5.41) is 11.3. The minimum Gasteiger partial charge on any atom is -0.508 e. The number of anilines is 1. The first-order valence-corrected chi connectivity index (χ1v) is 4.99. The van der Waals surface area contributed by atoms with Crippen LogP contribution < -0.4 is 5.32 Å². The Morgan fingerprint density at radius 2 is 2.31 bits per heavy atom. The lowest BCUT2D eigenvalue weighted by Gasteiger charge is -2.06. The molecule has 0 spiro atoms. The molecule has 0 fully saturated rings. The van der Waals surface area contributed by atoms with Crippen molar-refractivity contribution < 1.29 is 19.0 Å². The third-order valence-corrected chi connectivity index (χ3v) is 1.81. The van der Waals surface area contributed by atoms with Crippen LogP contribution in [-0.4, -0.2) is 24.2 Å². The van der Waals surface area contributed by atoms with Crippen molar-refractivity contribution in [3.05, 3.63) is 24.0 Å². The number of amides is 1. The number of phenolic OH excluding ortho intramolecular Hbond substituents is 1. The van der Waals surface area contributed by atoms with Gasteiger partial charge in [0.15, 0.2) is 0 Å². The molecule has 0 heterocycles. The Hall–Kier alpha value is -1.62. The highest BCUT2D eigenvalue weighted by Crippen LogP contribution is 2.19. The number of benzene rings is 1. The van der Waals surface area contributed by atoms with E-state index in [2.05, 4.69) is 5.32 Å². The molecule has 1 aromatic rings. The van der Waals surface area contributed by atoms with E-state index in [0.717, 1.165) is 12.5 Å². The van der Waals surface area contributed by atoms with Gasteiger partial charge in [0.25, 0.3) is 0 Å². The van der Waals surface area contributed by atoms with Gasteiger partial charge in [-0.15, -0.1) is 0 Å². The largest absolute Gasteiger partial charge is 0.508 e. The van der Waals surface area contributed by atoms with Crippen LogP contribution in [0.15, 0.2) is 18.2 Å². The zero-order valence-electron chi connectivity index (χ0n) is 9.00. The third kappa shape index (κ3) is 3.86. The van der Waals surface area contributed by atoms with Gasteiger partial charge in [-0.2, -0.15) is 0 Å². The predicted octanol–water partition coefficient (Wildman–Crippen LogP) is 1.90. The molecule has 16 heavy (non-hydrogen) atoms. The Kier molecular flexibility index (Phi) is 4.72. The number of carbonyl (C=O) groups is 1. The van der Waals surface area contributed by atoms with E-state index in [-0.39, 0.29) is 18.0 Å². The second kappa shape index (κ2) is 6.07. The molecular weight excluding hydrogens is 213 g/mol. The van der Waals surface area contributed by atoms with E-state index < -0.39 is 11.7 Å². The molecule has 0 bridgehead atoms. The van der Waals surface area contributed by atoms with Gasteiger partial charge >= 0.3 is 0 Å². The van der Waals surface area contributed by atoms with E-state index in [9.17, 15) is 9.18 Å². The summed E-state index contributed by atoms with van der Waals surface area (Å²) >= 11 is 0. The number of hydrogen-bond acceptors (Lipinski definition) is 3. The van der Waals surface area contributed by atoms with Gasteiger partial charge in [0, 0.05) is 12.7 Å². The maximum atomic E-state index is 13.2. The van der Waals surface area contributed by atoms with Crippen LogP contribution in [0.4, 0.5) is 10.1 Å². The highest BCUT2D eigenvalue weighted by Gasteiger charge is 2.07. The fourth-order valence-corrected chi connectivity index (χ4v) is 1.10. The molecule has 0 aliphatic heterocycles. The van der Waals surface area contributed by atoms with Crippen molar-refractivity contribution >= 4 is 11.6 Å². The van der Waals surface area contributed by atoms with Crippen LogP contribution in [0.5, 0.6) is 5.75 Å². The quantitative estimate of drug-likeness (QED) is 0.596. The van der Waals surface area contributed by atoms with Gasteiger partial charge in [-0.05, 0) is 18.6 Å². The summed E-state index contributed by atoms with van der Waals surface area (Å²) < 4.78 is 18.2. The van der Waals surface area contributed by atoms with E-state index in [4.69, 9.17) is 9.84 Å². The molecule has 0 radical (unpaired) electrons. The summed E-state index contributed by atoms with van der Waals surface area (Å²) in [6, 6.07) is 3.52. The molecule has 0 aliphatic carbocycles.